The highest BCUT2D eigenvalue weighted by molar-refractivity contribution is 7.89. The van der Waals surface area contributed by atoms with Gasteiger partial charge in [0.25, 0.3) is 11.7 Å². The van der Waals surface area contributed by atoms with Crippen LogP contribution in [0, 0.1) is 0 Å². The number of aliphatic hydroxyl groups is 1. The van der Waals surface area contributed by atoms with Gasteiger partial charge in [-0.1, -0.05) is 24.8 Å². The fraction of sp³-hybridized carbons (Fsp3) is 0.333. The number of aliphatic hydroxyl groups excluding tert-OH is 1. The van der Waals surface area contributed by atoms with E-state index in [1.807, 2.05) is 0 Å². The molecule has 202 valence electrons. The molecule has 1 atom stereocenters. The molecule has 2 heterocycles. The monoisotopic (exact) mass is 542 g/mol. The molecule has 2 aliphatic rings. The lowest BCUT2D eigenvalue weighted by molar-refractivity contribution is -0.140. The summed E-state index contributed by atoms with van der Waals surface area (Å²) in [6.45, 7) is 5.42. The van der Waals surface area contributed by atoms with Crippen molar-refractivity contribution in [3.05, 3.63) is 77.9 Å². The Balaban J connectivity index is 1.71. The van der Waals surface area contributed by atoms with Gasteiger partial charge in [-0.15, -0.1) is 0 Å². The Morgan fingerprint density at radius 2 is 1.76 bits per heavy atom. The van der Waals surface area contributed by atoms with Crippen molar-refractivity contribution >= 4 is 27.5 Å². The van der Waals surface area contributed by atoms with Crippen molar-refractivity contribution in [2.45, 2.75) is 10.9 Å². The van der Waals surface area contributed by atoms with Crippen LogP contribution in [0.3, 0.4) is 0 Å². The number of morpholine rings is 1. The van der Waals surface area contributed by atoms with E-state index in [4.69, 9.17) is 14.2 Å². The van der Waals surface area contributed by atoms with Crippen LogP contribution >= 0.6 is 0 Å². The zero-order valence-corrected chi connectivity index (χ0v) is 21.9. The Labute approximate surface area is 221 Å². The molecular formula is C27H30N2O8S. The number of sulfonamides is 1. The molecule has 0 aromatic heterocycles. The van der Waals surface area contributed by atoms with E-state index < -0.39 is 33.5 Å². The molecule has 0 radical (unpaired) electrons. The number of ether oxygens (including phenoxy) is 3. The molecule has 2 aromatic rings. The average Bonchev–Trinajstić information content (AvgIpc) is 3.20. The van der Waals surface area contributed by atoms with E-state index in [0.29, 0.717) is 31.1 Å². The third-order valence-corrected chi connectivity index (χ3v) is 8.29. The summed E-state index contributed by atoms with van der Waals surface area (Å²) in [7, 11) is -2.24. The normalized spacial score (nSPS) is 20.0. The molecule has 11 heteroatoms. The van der Waals surface area contributed by atoms with Crippen LogP contribution in [0.5, 0.6) is 5.75 Å². The van der Waals surface area contributed by atoms with Gasteiger partial charge in [-0.3, -0.25) is 9.59 Å². The minimum Gasteiger partial charge on any atom is -0.507 e. The second-order valence-electron chi connectivity index (χ2n) is 8.69. The second kappa shape index (κ2) is 11.9. The summed E-state index contributed by atoms with van der Waals surface area (Å²) in [5, 5.41) is 11.2. The second-order valence-corrected chi connectivity index (χ2v) is 10.6. The number of rotatable bonds is 10. The number of carbonyl (C=O) groups excluding carboxylic acids is 2. The van der Waals surface area contributed by atoms with Crippen LogP contribution in [0.25, 0.3) is 5.76 Å². The van der Waals surface area contributed by atoms with E-state index >= 15 is 0 Å². The van der Waals surface area contributed by atoms with Crippen LogP contribution in [-0.2, 0) is 29.1 Å². The Hall–Kier alpha value is -3.51. The minimum atomic E-state index is -3.73. The summed E-state index contributed by atoms with van der Waals surface area (Å²) in [6, 6.07) is 11.6. The average molecular weight is 543 g/mol. The Bertz CT molecular complexity index is 1310. The minimum absolute atomic E-state index is 0.0585. The smallest absolute Gasteiger partial charge is 0.295 e. The number of amides is 1. The lowest BCUT2D eigenvalue weighted by Crippen LogP contribution is -2.40. The molecule has 4 rings (SSSR count). The van der Waals surface area contributed by atoms with Crippen LogP contribution in [0.15, 0.2) is 71.7 Å². The number of carbonyl (C=O) groups is 2. The first-order valence-electron chi connectivity index (χ1n) is 12.1. The zero-order valence-electron chi connectivity index (χ0n) is 21.0. The lowest BCUT2D eigenvalue weighted by Gasteiger charge is -2.26. The third kappa shape index (κ3) is 5.51. The molecule has 0 unspecified atom stereocenters. The Morgan fingerprint density at radius 1 is 1.11 bits per heavy atom. The molecule has 10 nitrogen and oxygen atoms in total. The molecule has 0 saturated carbocycles. The maximum Gasteiger partial charge on any atom is 0.295 e. The van der Waals surface area contributed by atoms with Gasteiger partial charge in [-0.25, -0.2) is 8.42 Å². The Morgan fingerprint density at radius 3 is 2.37 bits per heavy atom. The molecule has 2 aliphatic heterocycles. The van der Waals surface area contributed by atoms with Crippen LogP contribution in [-0.4, -0.2) is 87.6 Å². The summed E-state index contributed by atoms with van der Waals surface area (Å²) in [5.74, 6) is -1.40. The Kier molecular flexibility index (Phi) is 8.62. The van der Waals surface area contributed by atoms with Gasteiger partial charge in [0.2, 0.25) is 10.0 Å². The van der Waals surface area contributed by atoms with Crippen LogP contribution < -0.4 is 4.74 Å². The number of Topliss-reactive ketones (excluding diaryl/α,β-unsaturated/α-hetero) is 1. The lowest BCUT2D eigenvalue weighted by atomic mass is 9.95. The van der Waals surface area contributed by atoms with Gasteiger partial charge in [0.15, 0.2) is 0 Å². The summed E-state index contributed by atoms with van der Waals surface area (Å²) in [4.78, 5) is 27.5. The van der Waals surface area contributed by atoms with Gasteiger partial charge in [0, 0.05) is 32.3 Å². The van der Waals surface area contributed by atoms with Crippen molar-refractivity contribution in [1.29, 1.82) is 0 Å². The van der Waals surface area contributed by atoms with Gasteiger partial charge < -0.3 is 24.2 Å². The maximum absolute atomic E-state index is 13.1. The van der Waals surface area contributed by atoms with E-state index in [1.54, 1.807) is 30.3 Å². The fourth-order valence-corrected chi connectivity index (χ4v) is 5.83. The van der Waals surface area contributed by atoms with Gasteiger partial charge in [-0.05, 0) is 42.0 Å². The molecule has 2 saturated heterocycles. The molecule has 38 heavy (non-hydrogen) atoms. The van der Waals surface area contributed by atoms with Gasteiger partial charge in [-0.2, -0.15) is 4.31 Å². The summed E-state index contributed by atoms with van der Waals surface area (Å²) >= 11 is 0. The highest BCUT2D eigenvalue weighted by atomic mass is 32.2. The molecule has 1 amide bonds. The zero-order chi connectivity index (χ0) is 27.3. The fourth-order valence-electron chi connectivity index (χ4n) is 4.42. The summed E-state index contributed by atoms with van der Waals surface area (Å²) < 4.78 is 43.1. The van der Waals surface area contributed by atoms with Gasteiger partial charge in [0.05, 0.1) is 36.3 Å². The van der Waals surface area contributed by atoms with E-state index in [9.17, 15) is 23.1 Å². The number of nitrogens with zero attached hydrogens (tertiary/aromatic N) is 2. The standard InChI is InChI=1S/C27H30N2O8S/c1-3-15-37-21-8-4-19(5-9-21)24-23(26(31)27(32)29(24)14-16-35-2)25(30)20-6-10-22(11-7-20)38(33,34)28-12-17-36-18-13-28/h3-11,24,30H,1,12-18H2,2H3/t24-/m1/s1. The van der Waals surface area contributed by atoms with E-state index in [0.717, 1.165) is 0 Å². The van der Waals surface area contributed by atoms with Crippen LogP contribution in [0.4, 0.5) is 0 Å². The molecule has 1 N–H and O–H groups in total. The first-order chi connectivity index (χ1) is 18.3. The number of ketones is 1. The molecule has 2 fully saturated rings. The molecule has 2 aromatic carbocycles. The number of benzene rings is 2. The number of methoxy groups -OCH3 is 1. The van der Waals surface area contributed by atoms with E-state index in [-0.39, 0.29) is 42.3 Å². The van der Waals surface area contributed by atoms with Crippen LogP contribution in [0.1, 0.15) is 17.2 Å². The molecule has 0 aliphatic carbocycles. The van der Waals surface area contributed by atoms with E-state index in [1.165, 1.54) is 40.6 Å². The van der Waals surface area contributed by atoms with Gasteiger partial charge in [0.1, 0.15) is 18.1 Å². The number of hydrogen-bond donors (Lipinski definition) is 1. The molecule has 0 bridgehead atoms. The van der Waals surface area contributed by atoms with Crippen molar-refractivity contribution in [2.24, 2.45) is 0 Å². The highest BCUT2D eigenvalue weighted by Gasteiger charge is 2.46. The maximum atomic E-state index is 13.1. The van der Waals surface area contributed by atoms with Crippen molar-refractivity contribution in [2.75, 3.05) is 53.2 Å². The third-order valence-electron chi connectivity index (χ3n) is 6.38. The predicted octanol–water partition coefficient (Wildman–Crippen LogP) is 2.34. The van der Waals surface area contributed by atoms with Crippen molar-refractivity contribution in [3.8, 4) is 5.75 Å². The molecule has 0 spiro atoms. The summed E-state index contributed by atoms with van der Waals surface area (Å²) in [5.41, 5.74) is 0.723. The predicted molar refractivity (Wildman–Crippen MR) is 139 cm³/mol. The SMILES string of the molecule is C=CCOc1ccc([C@@H]2C(=C(O)c3ccc(S(=O)(=O)N4CCOCC4)cc3)C(=O)C(=O)N2CCOC)cc1. The topological polar surface area (TPSA) is 123 Å². The van der Waals surface area contributed by atoms with Crippen molar-refractivity contribution in [1.82, 2.24) is 9.21 Å². The number of hydrogen-bond acceptors (Lipinski definition) is 8. The van der Waals surface area contributed by atoms with Crippen molar-refractivity contribution in [3.63, 3.8) is 0 Å². The van der Waals surface area contributed by atoms with Crippen LogP contribution in [0.2, 0.25) is 0 Å². The van der Waals surface area contributed by atoms with Gasteiger partial charge >= 0.3 is 0 Å². The highest BCUT2D eigenvalue weighted by Crippen LogP contribution is 2.39. The largest absolute Gasteiger partial charge is 0.507 e. The molecular weight excluding hydrogens is 512 g/mol. The first kappa shape index (κ1) is 27.5. The number of likely N-dealkylation sites (tertiary alicyclic amines) is 1. The quantitative estimate of drug-likeness (QED) is 0.210. The summed E-state index contributed by atoms with van der Waals surface area (Å²) in [6.07, 6.45) is 1.62. The first-order valence-corrected chi connectivity index (χ1v) is 13.5. The van der Waals surface area contributed by atoms with Crippen molar-refractivity contribution < 1.29 is 37.3 Å². The van der Waals surface area contributed by atoms with E-state index in [2.05, 4.69) is 6.58 Å².